The highest BCUT2D eigenvalue weighted by molar-refractivity contribution is 7.09. The van der Waals surface area contributed by atoms with E-state index in [0.717, 1.165) is 4.88 Å². The van der Waals surface area contributed by atoms with E-state index >= 15 is 0 Å². The number of thiophene rings is 1. The first-order valence-electron chi connectivity index (χ1n) is 5.02. The number of anilines is 1. The average molecular weight is 250 g/mol. The molecule has 0 fully saturated rings. The fourth-order valence-electron chi connectivity index (χ4n) is 1.37. The third-order valence-electron chi connectivity index (χ3n) is 2.26. The molecule has 88 valence electrons. The fraction of sp³-hybridized carbons (Fsp3) is 0.0833. The summed E-state index contributed by atoms with van der Waals surface area (Å²) in [5.41, 5.74) is 5.74. The minimum absolute atomic E-state index is 0.0197. The molecule has 0 aliphatic carbocycles. The normalized spacial score (nSPS) is 10.2. The third kappa shape index (κ3) is 2.82. The van der Waals surface area contributed by atoms with Crippen molar-refractivity contribution in [3.05, 3.63) is 52.0 Å². The molecule has 3 nitrogen and oxygen atoms in total. The summed E-state index contributed by atoms with van der Waals surface area (Å²) in [4.78, 5) is 12.8. The lowest BCUT2D eigenvalue weighted by Crippen LogP contribution is -2.22. The van der Waals surface area contributed by atoms with Gasteiger partial charge in [-0.15, -0.1) is 11.3 Å². The summed E-state index contributed by atoms with van der Waals surface area (Å²) in [6.07, 6.45) is 0. The predicted molar refractivity (Wildman–Crippen MR) is 66.3 cm³/mol. The van der Waals surface area contributed by atoms with Crippen LogP contribution in [0.3, 0.4) is 0 Å². The van der Waals surface area contributed by atoms with Crippen molar-refractivity contribution in [2.24, 2.45) is 0 Å². The molecular formula is C12H11FN2OS. The van der Waals surface area contributed by atoms with Crippen molar-refractivity contribution >= 4 is 22.9 Å². The number of rotatable bonds is 3. The van der Waals surface area contributed by atoms with Crippen molar-refractivity contribution in [1.29, 1.82) is 0 Å². The van der Waals surface area contributed by atoms with Crippen LogP contribution >= 0.6 is 11.3 Å². The van der Waals surface area contributed by atoms with Gasteiger partial charge < -0.3 is 11.1 Å². The number of benzene rings is 1. The summed E-state index contributed by atoms with van der Waals surface area (Å²) in [7, 11) is 0. The molecular weight excluding hydrogens is 239 g/mol. The van der Waals surface area contributed by atoms with E-state index in [1.54, 1.807) is 11.3 Å². The van der Waals surface area contributed by atoms with Crippen LogP contribution in [0, 0.1) is 5.82 Å². The summed E-state index contributed by atoms with van der Waals surface area (Å²) in [5, 5.41) is 4.68. The first kappa shape index (κ1) is 11.6. The van der Waals surface area contributed by atoms with Crippen LogP contribution in [0.15, 0.2) is 35.7 Å². The Kier molecular flexibility index (Phi) is 3.39. The van der Waals surface area contributed by atoms with E-state index in [-0.39, 0.29) is 11.6 Å². The number of hydrogen-bond acceptors (Lipinski definition) is 3. The molecule has 0 bridgehead atoms. The maximum absolute atomic E-state index is 12.9. The predicted octanol–water partition coefficient (Wildman–Crippen LogP) is 2.40. The van der Waals surface area contributed by atoms with Gasteiger partial charge in [0.2, 0.25) is 0 Å². The Morgan fingerprint density at radius 2 is 2.24 bits per heavy atom. The molecule has 5 heteroatoms. The molecule has 1 amide bonds. The lowest BCUT2D eigenvalue weighted by molar-refractivity contribution is 0.0951. The minimum Gasteiger partial charge on any atom is -0.396 e. The number of carbonyl (C=O) groups is 1. The molecule has 17 heavy (non-hydrogen) atoms. The number of carbonyl (C=O) groups excluding carboxylic acids is 1. The van der Waals surface area contributed by atoms with Crippen molar-refractivity contribution in [1.82, 2.24) is 5.32 Å². The molecule has 1 aromatic heterocycles. The largest absolute Gasteiger partial charge is 0.396 e. The number of amides is 1. The van der Waals surface area contributed by atoms with Crippen LogP contribution < -0.4 is 11.1 Å². The smallest absolute Gasteiger partial charge is 0.251 e. The maximum atomic E-state index is 12.9. The third-order valence-corrected chi connectivity index (χ3v) is 3.14. The highest BCUT2D eigenvalue weighted by atomic mass is 32.1. The van der Waals surface area contributed by atoms with Gasteiger partial charge in [-0.25, -0.2) is 4.39 Å². The zero-order valence-electron chi connectivity index (χ0n) is 8.94. The van der Waals surface area contributed by atoms with Gasteiger partial charge in [-0.05, 0) is 29.6 Å². The Hall–Kier alpha value is -1.88. The summed E-state index contributed by atoms with van der Waals surface area (Å²) in [6, 6.07) is 7.79. The summed E-state index contributed by atoms with van der Waals surface area (Å²) >= 11 is 1.57. The second-order valence-corrected chi connectivity index (χ2v) is 4.53. The second-order valence-electron chi connectivity index (χ2n) is 3.50. The van der Waals surface area contributed by atoms with Crippen LogP contribution in [0.5, 0.6) is 0 Å². The van der Waals surface area contributed by atoms with Crippen LogP contribution in [-0.4, -0.2) is 5.91 Å². The van der Waals surface area contributed by atoms with Gasteiger partial charge in [0.1, 0.15) is 5.82 Å². The van der Waals surface area contributed by atoms with Crippen molar-refractivity contribution in [3.63, 3.8) is 0 Å². The van der Waals surface area contributed by atoms with Crippen LogP contribution in [-0.2, 0) is 6.54 Å². The van der Waals surface area contributed by atoms with Gasteiger partial charge in [0, 0.05) is 10.4 Å². The second kappa shape index (κ2) is 4.97. The van der Waals surface area contributed by atoms with E-state index in [1.165, 1.54) is 18.2 Å². The lowest BCUT2D eigenvalue weighted by atomic mass is 10.2. The van der Waals surface area contributed by atoms with Gasteiger partial charge in [-0.3, -0.25) is 4.79 Å². The molecule has 0 spiro atoms. The zero-order chi connectivity index (χ0) is 12.3. The Morgan fingerprint density at radius 3 is 2.88 bits per heavy atom. The van der Waals surface area contributed by atoms with Gasteiger partial charge in [0.05, 0.1) is 12.2 Å². The van der Waals surface area contributed by atoms with Crippen LogP contribution in [0.4, 0.5) is 10.1 Å². The summed E-state index contributed by atoms with van der Waals surface area (Å²) in [6.45, 7) is 0.466. The van der Waals surface area contributed by atoms with Crippen LogP contribution in [0.25, 0.3) is 0 Å². The average Bonchev–Trinajstić information content (AvgIpc) is 2.82. The van der Waals surface area contributed by atoms with Crippen LogP contribution in [0.2, 0.25) is 0 Å². The van der Waals surface area contributed by atoms with E-state index < -0.39 is 5.82 Å². The van der Waals surface area contributed by atoms with E-state index in [1.807, 2.05) is 17.5 Å². The van der Waals surface area contributed by atoms with Gasteiger partial charge in [-0.1, -0.05) is 6.07 Å². The zero-order valence-corrected chi connectivity index (χ0v) is 9.76. The Bertz CT molecular complexity index is 525. The molecule has 1 heterocycles. The molecule has 3 N–H and O–H groups in total. The van der Waals surface area contributed by atoms with Gasteiger partial charge in [0.25, 0.3) is 5.91 Å². The number of nitrogen functional groups attached to an aromatic ring is 1. The SMILES string of the molecule is Nc1cc(C(=O)NCc2cccs2)ccc1F. The van der Waals surface area contributed by atoms with E-state index in [4.69, 9.17) is 5.73 Å². The number of halogens is 1. The highest BCUT2D eigenvalue weighted by Gasteiger charge is 2.07. The van der Waals surface area contributed by atoms with Crippen molar-refractivity contribution < 1.29 is 9.18 Å². The van der Waals surface area contributed by atoms with Gasteiger partial charge >= 0.3 is 0 Å². The molecule has 0 saturated heterocycles. The molecule has 0 radical (unpaired) electrons. The van der Waals surface area contributed by atoms with Crippen LogP contribution in [0.1, 0.15) is 15.2 Å². The number of nitrogens with two attached hydrogens (primary N) is 1. The number of nitrogens with one attached hydrogen (secondary N) is 1. The maximum Gasteiger partial charge on any atom is 0.251 e. The fourth-order valence-corrected chi connectivity index (χ4v) is 2.01. The quantitative estimate of drug-likeness (QED) is 0.822. The highest BCUT2D eigenvalue weighted by Crippen LogP contribution is 2.13. The minimum atomic E-state index is -0.514. The monoisotopic (exact) mass is 250 g/mol. The van der Waals surface area contributed by atoms with Crippen molar-refractivity contribution in [2.75, 3.05) is 5.73 Å². The number of hydrogen-bond donors (Lipinski definition) is 2. The molecule has 0 unspecified atom stereocenters. The molecule has 2 aromatic rings. The molecule has 0 aliphatic rings. The first-order chi connectivity index (χ1) is 8.16. The molecule has 1 aromatic carbocycles. The molecule has 0 atom stereocenters. The molecule has 0 aliphatic heterocycles. The summed E-state index contributed by atoms with van der Waals surface area (Å²) < 4.78 is 12.9. The Morgan fingerprint density at radius 1 is 1.41 bits per heavy atom. The van der Waals surface area contributed by atoms with Crippen molar-refractivity contribution in [2.45, 2.75) is 6.54 Å². The lowest BCUT2D eigenvalue weighted by Gasteiger charge is -2.04. The summed E-state index contributed by atoms with van der Waals surface area (Å²) in [5.74, 6) is -0.773. The van der Waals surface area contributed by atoms with E-state index in [2.05, 4.69) is 5.32 Å². The standard InChI is InChI=1S/C12H11FN2OS/c13-10-4-3-8(6-11(10)14)12(16)15-7-9-2-1-5-17-9/h1-6H,7,14H2,(H,15,16). The van der Waals surface area contributed by atoms with Gasteiger partial charge in [0.15, 0.2) is 0 Å². The Labute approximate surface area is 102 Å². The Balaban J connectivity index is 2.02. The van der Waals surface area contributed by atoms with Crippen molar-refractivity contribution in [3.8, 4) is 0 Å². The van der Waals surface area contributed by atoms with E-state index in [0.29, 0.717) is 12.1 Å². The first-order valence-corrected chi connectivity index (χ1v) is 5.90. The topological polar surface area (TPSA) is 55.1 Å². The van der Waals surface area contributed by atoms with Gasteiger partial charge in [-0.2, -0.15) is 0 Å². The van der Waals surface area contributed by atoms with E-state index in [9.17, 15) is 9.18 Å². The molecule has 0 saturated carbocycles. The molecule has 2 rings (SSSR count).